The third-order valence-electron chi connectivity index (χ3n) is 2.14. The first-order valence-corrected chi connectivity index (χ1v) is 5.93. The van der Waals surface area contributed by atoms with Gasteiger partial charge in [0.25, 0.3) is 0 Å². The van der Waals surface area contributed by atoms with E-state index in [1.54, 1.807) is 0 Å². The molecule has 0 saturated carbocycles. The highest BCUT2D eigenvalue weighted by Crippen LogP contribution is 2.25. The Labute approximate surface area is 85.0 Å². The van der Waals surface area contributed by atoms with Crippen molar-refractivity contribution in [1.82, 2.24) is 0 Å². The lowest BCUT2D eigenvalue weighted by atomic mass is 10.1. The van der Waals surface area contributed by atoms with E-state index in [-0.39, 0.29) is 6.04 Å². The fourth-order valence-electron chi connectivity index (χ4n) is 1.43. The number of rotatable bonds is 5. The topological polar surface area (TPSA) is 26.0 Å². The van der Waals surface area contributed by atoms with Gasteiger partial charge < -0.3 is 5.73 Å². The van der Waals surface area contributed by atoms with Crippen LogP contribution < -0.4 is 5.73 Å². The van der Waals surface area contributed by atoms with Crippen molar-refractivity contribution in [1.29, 1.82) is 0 Å². The van der Waals surface area contributed by atoms with Crippen LogP contribution in [0.3, 0.4) is 0 Å². The van der Waals surface area contributed by atoms with Crippen LogP contribution in [0.25, 0.3) is 0 Å². The summed E-state index contributed by atoms with van der Waals surface area (Å²) in [5, 5.41) is 0. The van der Waals surface area contributed by atoms with Crippen LogP contribution in [0, 0.1) is 0 Å². The molecule has 1 aromatic heterocycles. The molecule has 1 heterocycles. The fourth-order valence-corrected chi connectivity index (χ4v) is 2.58. The summed E-state index contributed by atoms with van der Waals surface area (Å²) in [6.07, 6.45) is 4.70. The molecule has 0 fully saturated rings. The van der Waals surface area contributed by atoms with E-state index < -0.39 is 0 Å². The molecular formula is C11H19NS. The Morgan fingerprint density at radius 3 is 2.69 bits per heavy atom. The fraction of sp³-hybridized carbons (Fsp3) is 0.636. The minimum atomic E-state index is 0.264. The molecule has 1 nitrogen and oxygen atoms in total. The molecule has 1 aromatic rings. The van der Waals surface area contributed by atoms with Gasteiger partial charge in [0, 0.05) is 15.8 Å². The predicted molar refractivity (Wildman–Crippen MR) is 60.2 cm³/mol. The number of thiophene rings is 1. The second kappa shape index (κ2) is 5.40. The highest BCUT2D eigenvalue weighted by molar-refractivity contribution is 7.12. The van der Waals surface area contributed by atoms with Gasteiger partial charge in [-0.05, 0) is 25.0 Å². The Morgan fingerprint density at radius 1 is 1.31 bits per heavy atom. The summed E-state index contributed by atoms with van der Waals surface area (Å²) in [6, 6.07) is 4.68. The molecule has 13 heavy (non-hydrogen) atoms. The SMILES string of the molecule is CCCc1ccc([C@H](N)CCC)s1. The van der Waals surface area contributed by atoms with Crippen molar-refractivity contribution in [2.24, 2.45) is 5.73 Å². The minimum Gasteiger partial charge on any atom is -0.323 e. The third kappa shape index (κ3) is 3.12. The lowest BCUT2D eigenvalue weighted by Gasteiger charge is -2.06. The van der Waals surface area contributed by atoms with Crippen molar-refractivity contribution in [3.63, 3.8) is 0 Å². The van der Waals surface area contributed by atoms with Gasteiger partial charge in [-0.25, -0.2) is 0 Å². The molecule has 0 aliphatic heterocycles. The van der Waals surface area contributed by atoms with E-state index in [2.05, 4.69) is 26.0 Å². The second-order valence-corrected chi connectivity index (χ2v) is 4.65. The molecule has 0 aliphatic rings. The van der Waals surface area contributed by atoms with E-state index in [1.807, 2.05) is 11.3 Å². The first kappa shape index (κ1) is 10.7. The monoisotopic (exact) mass is 197 g/mol. The zero-order valence-electron chi connectivity index (χ0n) is 8.55. The Morgan fingerprint density at radius 2 is 2.08 bits per heavy atom. The average molecular weight is 197 g/mol. The molecule has 0 aliphatic carbocycles. The van der Waals surface area contributed by atoms with Gasteiger partial charge in [0.1, 0.15) is 0 Å². The maximum absolute atomic E-state index is 6.03. The van der Waals surface area contributed by atoms with Gasteiger partial charge in [-0.3, -0.25) is 0 Å². The molecule has 0 spiro atoms. The Bertz CT molecular complexity index is 242. The van der Waals surface area contributed by atoms with E-state index >= 15 is 0 Å². The number of aryl methyl sites for hydroxylation is 1. The van der Waals surface area contributed by atoms with Crippen LogP contribution in [-0.4, -0.2) is 0 Å². The molecule has 0 bridgehead atoms. The van der Waals surface area contributed by atoms with Gasteiger partial charge in [0.2, 0.25) is 0 Å². The summed E-state index contributed by atoms with van der Waals surface area (Å²) in [5.41, 5.74) is 6.03. The smallest absolute Gasteiger partial charge is 0.0389 e. The van der Waals surface area contributed by atoms with Gasteiger partial charge in [-0.15, -0.1) is 11.3 Å². The van der Waals surface area contributed by atoms with Crippen molar-refractivity contribution in [3.8, 4) is 0 Å². The first-order chi connectivity index (χ1) is 6.27. The van der Waals surface area contributed by atoms with Gasteiger partial charge >= 0.3 is 0 Å². The lowest BCUT2D eigenvalue weighted by molar-refractivity contribution is 0.648. The van der Waals surface area contributed by atoms with E-state index in [0.29, 0.717) is 0 Å². The van der Waals surface area contributed by atoms with Crippen molar-refractivity contribution in [2.75, 3.05) is 0 Å². The van der Waals surface area contributed by atoms with Crippen LogP contribution in [-0.2, 0) is 6.42 Å². The molecule has 2 N–H and O–H groups in total. The maximum Gasteiger partial charge on any atom is 0.0389 e. The summed E-state index contributed by atoms with van der Waals surface area (Å²) >= 11 is 1.88. The molecule has 0 unspecified atom stereocenters. The Kier molecular flexibility index (Phi) is 4.46. The van der Waals surface area contributed by atoms with Gasteiger partial charge in [-0.1, -0.05) is 26.7 Å². The highest BCUT2D eigenvalue weighted by Gasteiger charge is 2.07. The highest BCUT2D eigenvalue weighted by atomic mass is 32.1. The van der Waals surface area contributed by atoms with Crippen molar-refractivity contribution in [2.45, 2.75) is 45.6 Å². The standard InChI is InChI=1S/C11H19NS/c1-3-5-9-7-8-11(13-9)10(12)6-4-2/h7-8,10H,3-6,12H2,1-2H3/t10-/m1/s1. The minimum absolute atomic E-state index is 0.264. The number of hydrogen-bond acceptors (Lipinski definition) is 2. The van der Waals surface area contributed by atoms with Crippen LogP contribution >= 0.6 is 11.3 Å². The van der Waals surface area contributed by atoms with E-state index in [0.717, 1.165) is 6.42 Å². The Balaban J connectivity index is 2.56. The van der Waals surface area contributed by atoms with E-state index in [9.17, 15) is 0 Å². The second-order valence-electron chi connectivity index (χ2n) is 3.45. The lowest BCUT2D eigenvalue weighted by Crippen LogP contribution is -2.07. The molecule has 0 saturated heterocycles. The number of hydrogen-bond donors (Lipinski definition) is 1. The van der Waals surface area contributed by atoms with E-state index in [1.165, 1.54) is 29.0 Å². The summed E-state index contributed by atoms with van der Waals surface area (Å²) in [6.45, 7) is 4.39. The molecule has 0 aromatic carbocycles. The van der Waals surface area contributed by atoms with Crippen LogP contribution in [0.4, 0.5) is 0 Å². The van der Waals surface area contributed by atoms with Crippen LogP contribution in [0.1, 0.15) is 48.9 Å². The largest absolute Gasteiger partial charge is 0.323 e. The van der Waals surface area contributed by atoms with Crippen molar-refractivity contribution >= 4 is 11.3 Å². The quantitative estimate of drug-likeness (QED) is 0.768. The molecule has 0 amide bonds. The average Bonchev–Trinajstić information content (AvgIpc) is 2.54. The Hall–Kier alpha value is -0.340. The number of nitrogens with two attached hydrogens (primary N) is 1. The summed E-state index contributed by atoms with van der Waals surface area (Å²) in [4.78, 5) is 2.83. The van der Waals surface area contributed by atoms with Crippen molar-refractivity contribution in [3.05, 3.63) is 21.9 Å². The summed E-state index contributed by atoms with van der Waals surface area (Å²) in [5.74, 6) is 0. The zero-order valence-corrected chi connectivity index (χ0v) is 9.36. The molecule has 2 heteroatoms. The zero-order chi connectivity index (χ0) is 9.68. The molecule has 1 atom stereocenters. The van der Waals surface area contributed by atoms with Crippen LogP contribution in [0.2, 0.25) is 0 Å². The normalized spacial score (nSPS) is 13.2. The van der Waals surface area contributed by atoms with Crippen LogP contribution in [0.5, 0.6) is 0 Å². The predicted octanol–water partition coefficient (Wildman–Crippen LogP) is 3.50. The molecule has 74 valence electrons. The summed E-state index contributed by atoms with van der Waals surface area (Å²) in [7, 11) is 0. The third-order valence-corrected chi connectivity index (χ3v) is 3.42. The van der Waals surface area contributed by atoms with Crippen LogP contribution in [0.15, 0.2) is 12.1 Å². The summed E-state index contributed by atoms with van der Waals surface area (Å²) < 4.78 is 0. The maximum atomic E-state index is 6.03. The van der Waals surface area contributed by atoms with Gasteiger partial charge in [0.15, 0.2) is 0 Å². The van der Waals surface area contributed by atoms with E-state index in [4.69, 9.17) is 5.73 Å². The molecule has 1 rings (SSSR count). The molecule has 0 radical (unpaired) electrons. The molecular weight excluding hydrogens is 178 g/mol. The van der Waals surface area contributed by atoms with Crippen molar-refractivity contribution < 1.29 is 0 Å². The van der Waals surface area contributed by atoms with Gasteiger partial charge in [0.05, 0.1) is 0 Å². The first-order valence-electron chi connectivity index (χ1n) is 5.12. The van der Waals surface area contributed by atoms with Gasteiger partial charge in [-0.2, -0.15) is 0 Å².